The molecule has 2 rings (SSSR count). The lowest BCUT2D eigenvalue weighted by Crippen LogP contribution is -2.12. The molecule has 0 saturated carbocycles. The normalized spacial score (nSPS) is 16.4. The van der Waals surface area contributed by atoms with Gasteiger partial charge in [-0.3, -0.25) is 0 Å². The van der Waals surface area contributed by atoms with Crippen LogP contribution >= 0.6 is 0 Å². The summed E-state index contributed by atoms with van der Waals surface area (Å²) < 4.78 is 5.61. The number of fused-ring (bicyclic) bond motifs is 1. The zero-order chi connectivity index (χ0) is 11.4. The van der Waals surface area contributed by atoms with Crippen molar-refractivity contribution in [2.24, 2.45) is 11.7 Å². The van der Waals surface area contributed by atoms with Gasteiger partial charge in [-0.05, 0) is 55.3 Å². The number of nitrogens with two attached hydrogens (primary N) is 1. The van der Waals surface area contributed by atoms with E-state index in [9.17, 15) is 0 Å². The fourth-order valence-corrected chi connectivity index (χ4v) is 2.10. The maximum Gasteiger partial charge on any atom is 0.122 e. The third-order valence-electron chi connectivity index (χ3n) is 3.30. The average molecular weight is 219 g/mol. The van der Waals surface area contributed by atoms with Crippen molar-refractivity contribution in [2.75, 3.05) is 13.2 Å². The minimum absolute atomic E-state index is 0.618. The SMILES string of the molecule is CC(CN)CCc1ccc2c(c1)CCCO2. The Morgan fingerprint density at radius 2 is 2.31 bits per heavy atom. The first-order chi connectivity index (χ1) is 7.79. The van der Waals surface area contributed by atoms with Crippen LogP contribution in [0.5, 0.6) is 5.75 Å². The second-order valence-electron chi connectivity index (χ2n) is 4.77. The summed E-state index contributed by atoms with van der Waals surface area (Å²) in [7, 11) is 0. The van der Waals surface area contributed by atoms with Crippen LogP contribution in [0.1, 0.15) is 30.9 Å². The summed E-state index contributed by atoms with van der Waals surface area (Å²) in [6, 6.07) is 6.61. The number of aryl methyl sites for hydroxylation is 2. The molecule has 2 heteroatoms. The Kier molecular flexibility index (Phi) is 3.83. The molecule has 0 bridgehead atoms. The number of ether oxygens (including phenoxy) is 1. The first-order valence-electron chi connectivity index (χ1n) is 6.24. The summed E-state index contributed by atoms with van der Waals surface area (Å²) in [5.74, 6) is 1.70. The molecule has 1 aliphatic rings. The van der Waals surface area contributed by atoms with Crippen LogP contribution in [0.3, 0.4) is 0 Å². The minimum atomic E-state index is 0.618. The highest BCUT2D eigenvalue weighted by Gasteiger charge is 2.10. The summed E-state index contributed by atoms with van der Waals surface area (Å²) in [5.41, 5.74) is 8.43. The molecule has 1 aliphatic heterocycles. The summed E-state index contributed by atoms with van der Waals surface area (Å²) in [6.45, 7) is 3.87. The van der Waals surface area contributed by atoms with Crippen molar-refractivity contribution >= 4 is 0 Å². The Morgan fingerprint density at radius 1 is 1.44 bits per heavy atom. The Hall–Kier alpha value is -1.02. The monoisotopic (exact) mass is 219 g/mol. The van der Waals surface area contributed by atoms with Gasteiger partial charge in [-0.25, -0.2) is 0 Å². The molecule has 0 spiro atoms. The summed E-state index contributed by atoms with van der Waals surface area (Å²) in [4.78, 5) is 0. The van der Waals surface area contributed by atoms with Crippen molar-refractivity contribution in [1.29, 1.82) is 0 Å². The van der Waals surface area contributed by atoms with Gasteiger partial charge in [0.25, 0.3) is 0 Å². The topological polar surface area (TPSA) is 35.2 Å². The Labute approximate surface area is 97.8 Å². The van der Waals surface area contributed by atoms with Crippen molar-refractivity contribution in [3.63, 3.8) is 0 Å². The molecule has 0 amide bonds. The Morgan fingerprint density at radius 3 is 3.12 bits per heavy atom. The second-order valence-corrected chi connectivity index (χ2v) is 4.77. The minimum Gasteiger partial charge on any atom is -0.493 e. The fourth-order valence-electron chi connectivity index (χ4n) is 2.10. The van der Waals surface area contributed by atoms with Crippen LogP contribution in [0.25, 0.3) is 0 Å². The lowest BCUT2D eigenvalue weighted by molar-refractivity contribution is 0.288. The molecule has 0 radical (unpaired) electrons. The molecular weight excluding hydrogens is 198 g/mol. The first kappa shape index (κ1) is 11.5. The molecule has 0 saturated heterocycles. The van der Waals surface area contributed by atoms with Crippen LogP contribution in [0.15, 0.2) is 18.2 Å². The number of benzene rings is 1. The molecule has 1 aromatic rings. The number of hydrogen-bond donors (Lipinski definition) is 1. The Bertz CT molecular complexity index is 349. The molecule has 1 aromatic carbocycles. The van der Waals surface area contributed by atoms with Gasteiger partial charge in [0.2, 0.25) is 0 Å². The van der Waals surface area contributed by atoms with Crippen LogP contribution < -0.4 is 10.5 Å². The van der Waals surface area contributed by atoms with Crippen molar-refractivity contribution in [3.05, 3.63) is 29.3 Å². The van der Waals surface area contributed by atoms with E-state index >= 15 is 0 Å². The summed E-state index contributed by atoms with van der Waals surface area (Å²) in [6.07, 6.45) is 4.62. The molecule has 0 fully saturated rings. The highest BCUT2D eigenvalue weighted by atomic mass is 16.5. The lowest BCUT2D eigenvalue weighted by Gasteiger charge is -2.18. The molecule has 88 valence electrons. The van der Waals surface area contributed by atoms with Crippen molar-refractivity contribution in [2.45, 2.75) is 32.6 Å². The first-order valence-corrected chi connectivity index (χ1v) is 6.24. The van der Waals surface area contributed by atoms with E-state index in [1.165, 1.54) is 17.5 Å². The highest BCUT2D eigenvalue weighted by molar-refractivity contribution is 5.38. The Balaban J connectivity index is 2.00. The molecule has 0 aliphatic carbocycles. The van der Waals surface area contributed by atoms with Gasteiger partial charge in [-0.15, -0.1) is 0 Å². The van der Waals surface area contributed by atoms with E-state index in [4.69, 9.17) is 10.5 Å². The van der Waals surface area contributed by atoms with Gasteiger partial charge < -0.3 is 10.5 Å². The molecule has 16 heavy (non-hydrogen) atoms. The van der Waals surface area contributed by atoms with Gasteiger partial charge in [-0.2, -0.15) is 0 Å². The van der Waals surface area contributed by atoms with E-state index in [1.54, 1.807) is 0 Å². The third-order valence-corrected chi connectivity index (χ3v) is 3.30. The van der Waals surface area contributed by atoms with Crippen LogP contribution in [-0.4, -0.2) is 13.2 Å². The van der Waals surface area contributed by atoms with E-state index in [2.05, 4.69) is 25.1 Å². The summed E-state index contributed by atoms with van der Waals surface area (Å²) in [5, 5.41) is 0. The third kappa shape index (κ3) is 2.76. The van der Waals surface area contributed by atoms with Crippen molar-refractivity contribution in [1.82, 2.24) is 0 Å². The van der Waals surface area contributed by atoms with E-state index in [-0.39, 0.29) is 0 Å². The maximum absolute atomic E-state index is 5.63. The molecule has 1 atom stereocenters. The van der Waals surface area contributed by atoms with Gasteiger partial charge in [0.1, 0.15) is 5.75 Å². The summed E-state index contributed by atoms with van der Waals surface area (Å²) >= 11 is 0. The van der Waals surface area contributed by atoms with Crippen LogP contribution in [0, 0.1) is 5.92 Å². The number of rotatable bonds is 4. The quantitative estimate of drug-likeness (QED) is 0.844. The zero-order valence-corrected chi connectivity index (χ0v) is 10.0. The van der Waals surface area contributed by atoms with E-state index in [0.29, 0.717) is 5.92 Å². The average Bonchev–Trinajstić information content (AvgIpc) is 2.35. The van der Waals surface area contributed by atoms with E-state index < -0.39 is 0 Å². The van der Waals surface area contributed by atoms with Gasteiger partial charge in [0, 0.05) is 0 Å². The van der Waals surface area contributed by atoms with Gasteiger partial charge >= 0.3 is 0 Å². The second kappa shape index (κ2) is 5.35. The molecular formula is C14H21NO. The zero-order valence-electron chi connectivity index (χ0n) is 10.0. The molecule has 0 aromatic heterocycles. The van der Waals surface area contributed by atoms with Gasteiger partial charge in [-0.1, -0.05) is 19.1 Å². The van der Waals surface area contributed by atoms with Crippen LogP contribution in [0.2, 0.25) is 0 Å². The van der Waals surface area contributed by atoms with Crippen molar-refractivity contribution in [3.8, 4) is 5.75 Å². The highest BCUT2D eigenvalue weighted by Crippen LogP contribution is 2.26. The standard InChI is InChI=1S/C14H21NO/c1-11(10-15)4-5-12-6-7-14-13(9-12)3-2-8-16-14/h6-7,9,11H,2-5,8,10,15H2,1H3. The van der Waals surface area contributed by atoms with Crippen LogP contribution in [-0.2, 0) is 12.8 Å². The molecule has 2 nitrogen and oxygen atoms in total. The van der Waals surface area contributed by atoms with Crippen molar-refractivity contribution < 1.29 is 4.74 Å². The van der Waals surface area contributed by atoms with Gasteiger partial charge in [0.05, 0.1) is 6.61 Å². The lowest BCUT2D eigenvalue weighted by atomic mass is 9.97. The van der Waals surface area contributed by atoms with E-state index in [1.807, 2.05) is 0 Å². The fraction of sp³-hybridized carbons (Fsp3) is 0.571. The van der Waals surface area contributed by atoms with E-state index in [0.717, 1.165) is 38.2 Å². The maximum atomic E-state index is 5.63. The number of hydrogen-bond acceptors (Lipinski definition) is 2. The largest absolute Gasteiger partial charge is 0.493 e. The molecule has 2 N–H and O–H groups in total. The molecule has 1 unspecified atom stereocenters. The van der Waals surface area contributed by atoms with Gasteiger partial charge in [0.15, 0.2) is 0 Å². The molecule has 1 heterocycles. The predicted octanol–water partition coefficient (Wildman–Crippen LogP) is 2.54. The smallest absolute Gasteiger partial charge is 0.122 e. The predicted molar refractivity (Wildman–Crippen MR) is 66.8 cm³/mol. The van der Waals surface area contributed by atoms with Crippen LogP contribution in [0.4, 0.5) is 0 Å².